The van der Waals surface area contributed by atoms with Gasteiger partial charge in [-0.05, 0) is 37.3 Å². The summed E-state index contributed by atoms with van der Waals surface area (Å²) in [5.41, 5.74) is 2.14. The van der Waals surface area contributed by atoms with E-state index in [-0.39, 0.29) is 17.0 Å². The van der Waals surface area contributed by atoms with Crippen molar-refractivity contribution >= 4 is 44.9 Å². The van der Waals surface area contributed by atoms with Gasteiger partial charge in [0.1, 0.15) is 0 Å². The van der Waals surface area contributed by atoms with Gasteiger partial charge in [0, 0.05) is 16.3 Å². The molecule has 0 spiro atoms. The van der Waals surface area contributed by atoms with Gasteiger partial charge in [0.2, 0.25) is 11.7 Å². The number of rotatable bonds is 4. The van der Waals surface area contributed by atoms with Gasteiger partial charge in [0.25, 0.3) is 0 Å². The Morgan fingerprint density at radius 1 is 1.30 bits per heavy atom. The summed E-state index contributed by atoms with van der Waals surface area (Å²) >= 11 is 9.01. The van der Waals surface area contributed by atoms with E-state index >= 15 is 0 Å². The molecule has 0 aliphatic heterocycles. The van der Waals surface area contributed by atoms with Crippen LogP contribution < -0.4 is 5.32 Å². The molecule has 104 valence electrons. The van der Waals surface area contributed by atoms with E-state index in [4.69, 9.17) is 11.6 Å². The Hall–Kier alpha value is -1.59. The lowest BCUT2D eigenvalue weighted by molar-refractivity contribution is -0.113. The predicted molar refractivity (Wildman–Crippen MR) is 82.8 cm³/mol. The maximum atomic E-state index is 12.4. The van der Waals surface area contributed by atoms with Crippen LogP contribution in [0.2, 0.25) is 5.02 Å². The van der Waals surface area contributed by atoms with Crippen LogP contribution in [0.4, 0.5) is 5.69 Å². The molecule has 1 aromatic heterocycles. The highest BCUT2D eigenvalue weighted by molar-refractivity contribution is 9.09. The number of carbonyl (C=O) groups is 2. The van der Waals surface area contributed by atoms with Crippen LogP contribution in [0, 0.1) is 6.92 Å². The summed E-state index contributed by atoms with van der Waals surface area (Å²) in [7, 11) is 0. The van der Waals surface area contributed by atoms with Crippen molar-refractivity contribution < 1.29 is 9.59 Å². The van der Waals surface area contributed by atoms with E-state index in [9.17, 15) is 9.59 Å². The van der Waals surface area contributed by atoms with Crippen LogP contribution >= 0.6 is 27.5 Å². The zero-order valence-electron chi connectivity index (χ0n) is 10.7. The molecule has 0 fully saturated rings. The molecule has 0 radical (unpaired) electrons. The van der Waals surface area contributed by atoms with Gasteiger partial charge >= 0.3 is 0 Å². The van der Waals surface area contributed by atoms with Crippen LogP contribution in [0.3, 0.4) is 0 Å². The molecular formula is C14H12BrClN2O2. The number of H-pyrrole nitrogens is 1. The fourth-order valence-electron chi connectivity index (χ4n) is 1.78. The lowest BCUT2D eigenvalue weighted by Crippen LogP contribution is -2.16. The van der Waals surface area contributed by atoms with Crippen LogP contribution in [0.15, 0.2) is 30.3 Å². The fourth-order valence-corrected chi connectivity index (χ4v) is 2.09. The summed E-state index contributed by atoms with van der Waals surface area (Å²) in [6.07, 6.45) is 0. The molecule has 4 nitrogen and oxygen atoms in total. The van der Waals surface area contributed by atoms with Gasteiger partial charge in [-0.1, -0.05) is 27.5 Å². The van der Waals surface area contributed by atoms with E-state index in [2.05, 4.69) is 26.2 Å². The normalized spacial score (nSPS) is 10.3. The lowest BCUT2D eigenvalue weighted by atomic mass is 10.1. The Morgan fingerprint density at radius 3 is 2.65 bits per heavy atom. The number of halogens is 2. The Balaban J connectivity index is 2.41. The molecule has 0 saturated carbocycles. The number of anilines is 1. The summed E-state index contributed by atoms with van der Waals surface area (Å²) in [6, 6.07) is 8.31. The second-order valence-corrected chi connectivity index (χ2v) is 5.25. The van der Waals surface area contributed by atoms with E-state index in [1.54, 1.807) is 24.3 Å². The summed E-state index contributed by atoms with van der Waals surface area (Å²) < 4.78 is 0. The second kappa shape index (κ2) is 6.24. The van der Waals surface area contributed by atoms with Gasteiger partial charge in [-0.25, -0.2) is 0 Å². The van der Waals surface area contributed by atoms with Crippen LogP contribution in [0.1, 0.15) is 21.7 Å². The minimum atomic E-state index is -0.232. The Kier molecular flexibility index (Phi) is 4.62. The monoisotopic (exact) mass is 354 g/mol. The van der Waals surface area contributed by atoms with E-state index in [1.807, 2.05) is 13.0 Å². The smallest absolute Gasteiger partial charge is 0.235 e. The largest absolute Gasteiger partial charge is 0.356 e. The lowest BCUT2D eigenvalue weighted by Gasteiger charge is -2.09. The number of alkyl halides is 1. The van der Waals surface area contributed by atoms with Crippen LogP contribution in [-0.2, 0) is 4.79 Å². The molecule has 20 heavy (non-hydrogen) atoms. The molecule has 2 rings (SSSR count). The van der Waals surface area contributed by atoms with Crippen molar-refractivity contribution in [3.63, 3.8) is 0 Å². The van der Waals surface area contributed by atoms with Gasteiger partial charge in [0.15, 0.2) is 0 Å². The third kappa shape index (κ3) is 3.29. The molecule has 1 heterocycles. The zero-order valence-corrected chi connectivity index (χ0v) is 13.0. The maximum absolute atomic E-state index is 12.4. The zero-order chi connectivity index (χ0) is 14.7. The Morgan fingerprint density at radius 2 is 2.05 bits per heavy atom. The molecule has 0 bridgehead atoms. The van der Waals surface area contributed by atoms with Crippen LogP contribution in [0.25, 0.3) is 0 Å². The highest BCUT2D eigenvalue weighted by Crippen LogP contribution is 2.23. The minimum Gasteiger partial charge on any atom is -0.356 e. The number of aromatic amines is 1. The number of carbonyl (C=O) groups excluding carboxylic acids is 2. The third-order valence-electron chi connectivity index (χ3n) is 2.70. The number of aromatic nitrogens is 1. The molecule has 0 atom stereocenters. The molecule has 6 heteroatoms. The first-order valence-electron chi connectivity index (χ1n) is 5.87. The highest BCUT2D eigenvalue weighted by atomic mass is 79.9. The molecule has 2 aromatic rings. The Labute approximate surface area is 129 Å². The molecule has 0 aliphatic rings. The second-order valence-electron chi connectivity index (χ2n) is 4.26. The first-order valence-corrected chi connectivity index (χ1v) is 7.37. The highest BCUT2D eigenvalue weighted by Gasteiger charge is 2.16. The number of benzene rings is 1. The average molecular weight is 356 g/mol. The van der Waals surface area contributed by atoms with E-state index in [0.717, 1.165) is 5.69 Å². The molecule has 0 unspecified atom stereocenters. The van der Waals surface area contributed by atoms with Gasteiger partial charge in [0.05, 0.1) is 16.7 Å². The van der Waals surface area contributed by atoms with Crippen molar-refractivity contribution in [1.29, 1.82) is 0 Å². The summed E-state index contributed by atoms with van der Waals surface area (Å²) in [6.45, 7) is 1.86. The first-order chi connectivity index (χ1) is 9.51. The number of aryl methyl sites for hydroxylation is 1. The minimum absolute atomic E-state index is 0.158. The first kappa shape index (κ1) is 14.8. The number of nitrogens with one attached hydrogen (secondary N) is 2. The van der Waals surface area contributed by atoms with Crippen molar-refractivity contribution in [2.75, 3.05) is 10.6 Å². The molecular weight excluding hydrogens is 344 g/mol. The van der Waals surface area contributed by atoms with Crippen molar-refractivity contribution in [1.82, 2.24) is 4.98 Å². The third-order valence-corrected chi connectivity index (χ3v) is 3.44. The standard InChI is InChI=1S/C14H12BrClN2O2/c1-8-2-4-12(17-8)14(20)10-6-9(16)3-5-11(10)18-13(19)7-15/h2-6,17H,7H2,1H3,(H,18,19). The number of ketones is 1. The van der Waals surface area contributed by atoms with E-state index in [1.165, 1.54) is 0 Å². The summed E-state index contributed by atoms with van der Waals surface area (Å²) in [5, 5.41) is 3.26. The van der Waals surface area contributed by atoms with Crippen molar-refractivity contribution in [2.24, 2.45) is 0 Å². The number of amides is 1. The summed E-state index contributed by atoms with van der Waals surface area (Å²) in [4.78, 5) is 26.9. The van der Waals surface area contributed by atoms with Gasteiger partial charge in [-0.2, -0.15) is 0 Å². The number of hydrogen-bond donors (Lipinski definition) is 2. The fraction of sp³-hybridized carbons (Fsp3) is 0.143. The molecule has 1 amide bonds. The maximum Gasteiger partial charge on any atom is 0.235 e. The Bertz CT molecular complexity index is 667. The van der Waals surface area contributed by atoms with Crippen molar-refractivity contribution in [3.8, 4) is 0 Å². The van der Waals surface area contributed by atoms with E-state index in [0.29, 0.717) is 22.0 Å². The SMILES string of the molecule is Cc1ccc(C(=O)c2cc(Cl)ccc2NC(=O)CBr)[nH]1. The van der Waals surface area contributed by atoms with E-state index < -0.39 is 0 Å². The van der Waals surface area contributed by atoms with Crippen LogP contribution in [0.5, 0.6) is 0 Å². The molecule has 2 N–H and O–H groups in total. The van der Waals surface area contributed by atoms with Gasteiger partial charge in [-0.15, -0.1) is 0 Å². The molecule has 0 aliphatic carbocycles. The average Bonchev–Trinajstić information content (AvgIpc) is 2.86. The van der Waals surface area contributed by atoms with Crippen LogP contribution in [-0.4, -0.2) is 22.0 Å². The number of hydrogen-bond acceptors (Lipinski definition) is 2. The van der Waals surface area contributed by atoms with Crippen molar-refractivity contribution in [3.05, 3.63) is 52.3 Å². The van der Waals surface area contributed by atoms with Gasteiger partial charge < -0.3 is 10.3 Å². The molecule has 1 aromatic carbocycles. The predicted octanol–water partition coefficient (Wildman–Crippen LogP) is 3.54. The quantitative estimate of drug-likeness (QED) is 0.651. The summed E-state index contributed by atoms with van der Waals surface area (Å²) in [5.74, 6) is -0.450. The van der Waals surface area contributed by atoms with Gasteiger partial charge in [-0.3, -0.25) is 9.59 Å². The topological polar surface area (TPSA) is 62.0 Å². The molecule has 0 saturated heterocycles. The van der Waals surface area contributed by atoms with Crippen molar-refractivity contribution in [2.45, 2.75) is 6.92 Å².